The molecule has 0 saturated carbocycles. The van der Waals surface area contributed by atoms with Crippen LogP contribution in [-0.4, -0.2) is 18.3 Å². The number of fused-ring (bicyclic) bond motifs is 1. The Morgan fingerprint density at radius 1 is 1.50 bits per heavy atom. The van der Waals surface area contributed by atoms with E-state index in [1.165, 1.54) is 11.1 Å². The van der Waals surface area contributed by atoms with Crippen LogP contribution < -0.4 is 5.32 Å². The summed E-state index contributed by atoms with van der Waals surface area (Å²) in [6.45, 7) is 1.19. The van der Waals surface area contributed by atoms with Gasteiger partial charge in [-0.25, -0.2) is 0 Å². The maximum Gasteiger partial charge on any atom is 0.0449 e. The SMILES string of the molecule is OCCC1NCCc2cc(Cl)ccc21. The molecule has 1 atom stereocenters. The molecule has 1 aromatic rings. The summed E-state index contributed by atoms with van der Waals surface area (Å²) in [5, 5.41) is 13.1. The second-order valence-corrected chi connectivity index (χ2v) is 4.05. The first-order valence-electron chi connectivity index (χ1n) is 4.94. The molecule has 0 aliphatic carbocycles. The number of nitrogens with one attached hydrogen (secondary N) is 1. The summed E-state index contributed by atoms with van der Waals surface area (Å²) in [7, 11) is 0. The summed E-state index contributed by atoms with van der Waals surface area (Å²) in [6.07, 6.45) is 1.80. The smallest absolute Gasteiger partial charge is 0.0449 e. The van der Waals surface area contributed by atoms with Crippen LogP contribution in [0.15, 0.2) is 18.2 Å². The maximum atomic E-state index is 8.93. The fourth-order valence-electron chi connectivity index (χ4n) is 2.01. The van der Waals surface area contributed by atoms with Crippen molar-refractivity contribution in [2.75, 3.05) is 13.2 Å². The van der Waals surface area contributed by atoms with Gasteiger partial charge in [-0.3, -0.25) is 0 Å². The van der Waals surface area contributed by atoms with Crippen molar-refractivity contribution in [2.24, 2.45) is 0 Å². The normalized spacial score (nSPS) is 20.6. The topological polar surface area (TPSA) is 32.3 Å². The molecular formula is C11H14ClNO. The van der Waals surface area contributed by atoms with Crippen molar-refractivity contribution < 1.29 is 5.11 Å². The molecule has 1 unspecified atom stereocenters. The Morgan fingerprint density at radius 3 is 3.14 bits per heavy atom. The van der Waals surface area contributed by atoms with Crippen LogP contribution in [0.25, 0.3) is 0 Å². The number of hydrogen-bond donors (Lipinski definition) is 2. The minimum absolute atomic E-state index is 0.222. The highest BCUT2D eigenvalue weighted by molar-refractivity contribution is 6.30. The lowest BCUT2D eigenvalue weighted by atomic mass is 9.93. The largest absolute Gasteiger partial charge is 0.396 e. The van der Waals surface area contributed by atoms with Gasteiger partial charge in [-0.15, -0.1) is 0 Å². The van der Waals surface area contributed by atoms with E-state index in [1.807, 2.05) is 12.1 Å². The van der Waals surface area contributed by atoms with Gasteiger partial charge in [0.2, 0.25) is 0 Å². The molecule has 0 aromatic heterocycles. The van der Waals surface area contributed by atoms with Crippen LogP contribution in [0, 0.1) is 0 Å². The van der Waals surface area contributed by atoms with Crippen LogP contribution >= 0.6 is 11.6 Å². The van der Waals surface area contributed by atoms with Crippen LogP contribution in [0.1, 0.15) is 23.6 Å². The highest BCUT2D eigenvalue weighted by atomic mass is 35.5. The van der Waals surface area contributed by atoms with E-state index in [0.29, 0.717) is 6.04 Å². The Bertz CT molecular complexity index is 327. The lowest BCUT2D eigenvalue weighted by molar-refractivity contribution is 0.263. The van der Waals surface area contributed by atoms with Crippen molar-refractivity contribution in [3.63, 3.8) is 0 Å². The fourth-order valence-corrected chi connectivity index (χ4v) is 2.20. The number of aliphatic hydroxyl groups is 1. The first-order valence-corrected chi connectivity index (χ1v) is 5.31. The lowest BCUT2D eigenvalue weighted by Gasteiger charge is -2.26. The van der Waals surface area contributed by atoms with Gasteiger partial charge in [0, 0.05) is 17.7 Å². The van der Waals surface area contributed by atoms with E-state index in [1.54, 1.807) is 0 Å². The Morgan fingerprint density at radius 2 is 2.36 bits per heavy atom. The molecular weight excluding hydrogens is 198 g/mol. The van der Waals surface area contributed by atoms with Crippen molar-refractivity contribution in [2.45, 2.75) is 18.9 Å². The summed E-state index contributed by atoms with van der Waals surface area (Å²) in [5.41, 5.74) is 2.60. The lowest BCUT2D eigenvalue weighted by Crippen LogP contribution is -2.30. The van der Waals surface area contributed by atoms with Crippen LogP contribution in [0.5, 0.6) is 0 Å². The van der Waals surface area contributed by atoms with E-state index in [4.69, 9.17) is 16.7 Å². The summed E-state index contributed by atoms with van der Waals surface area (Å²) in [5.74, 6) is 0. The quantitative estimate of drug-likeness (QED) is 0.784. The van der Waals surface area contributed by atoms with Gasteiger partial charge in [-0.2, -0.15) is 0 Å². The third-order valence-electron chi connectivity index (χ3n) is 2.68. The van der Waals surface area contributed by atoms with Gasteiger partial charge < -0.3 is 10.4 Å². The Balaban J connectivity index is 2.30. The van der Waals surface area contributed by atoms with Crippen molar-refractivity contribution >= 4 is 11.6 Å². The van der Waals surface area contributed by atoms with Gasteiger partial charge in [0.15, 0.2) is 0 Å². The summed E-state index contributed by atoms with van der Waals surface area (Å²) < 4.78 is 0. The van der Waals surface area contributed by atoms with Gasteiger partial charge >= 0.3 is 0 Å². The zero-order valence-corrected chi connectivity index (χ0v) is 8.72. The highest BCUT2D eigenvalue weighted by Crippen LogP contribution is 2.27. The zero-order chi connectivity index (χ0) is 9.97. The average Bonchev–Trinajstić information content (AvgIpc) is 2.18. The average molecular weight is 212 g/mol. The van der Waals surface area contributed by atoms with Crippen molar-refractivity contribution in [3.05, 3.63) is 34.3 Å². The van der Waals surface area contributed by atoms with E-state index in [2.05, 4.69) is 11.4 Å². The summed E-state index contributed by atoms with van der Waals surface area (Å²) in [4.78, 5) is 0. The number of rotatable bonds is 2. The van der Waals surface area contributed by atoms with E-state index < -0.39 is 0 Å². The standard InChI is InChI=1S/C11H14ClNO/c12-9-1-2-10-8(7-9)3-5-13-11(10)4-6-14/h1-2,7,11,13-14H,3-6H2. The molecule has 76 valence electrons. The van der Waals surface area contributed by atoms with Crippen molar-refractivity contribution in [3.8, 4) is 0 Å². The number of aliphatic hydroxyl groups excluding tert-OH is 1. The molecule has 1 aliphatic rings. The number of halogens is 1. The van der Waals surface area contributed by atoms with E-state index >= 15 is 0 Å². The molecule has 0 bridgehead atoms. The molecule has 2 N–H and O–H groups in total. The fraction of sp³-hybridized carbons (Fsp3) is 0.455. The molecule has 14 heavy (non-hydrogen) atoms. The van der Waals surface area contributed by atoms with E-state index in [-0.39, 0.29) is 6.61 Å². The van der Waals surface area contributed by atoms with Crippen LogP contribution in [-0.2, 0) is 6.42 Å². The first-order chi connectivity index (χ1) is 6.81. The molecule has 2 nitrogen and oxygen atoms in total. The molecule has 0 saturated heterocycles. The third-order valence-corrected chi connectivity index (χ3v) is 2.92. The van der Waals surface area contributed by atoms with Gasteiger partial charge in [-0.1, -0.05) is 17.7 Å². The molecule has 0 fully saturated rings. The molecule has 1 aliphatic heterocycles. The van der Waals surface area contributed by atoms with Crippen LogP contribution in [0.2, 0.25) is 5.02 Å². The number of benzene rings is 1. The molecule has 2 rings (SSSR count). The molecule has 0 amide bonds. The highest BCUT2D eigenvalue weighted by Gasteiger charge is 2.18. The van der Waals surface area contributed by atoms with Crippen molar-refractivity contribution in [1.29, 1.82) is 0 Å². The van der Waals surface area contributed by atoms with Crippen LogP contribution in [0.4, 0.5) is 0 Å². The van der Waals surface area contributed by atoms with Gasteiger partial charge in [0.1, 0.15) is 0 Å². The van der Waals surface area contributed by atoms with E-state index in [9.17, 15) is 0 Å². The second-order valence-electron chi connectivity index (χ2n) is 3.61. The minimum atomic E-state index is 0.222. The van der Waals surface area contributed by atoms with Gasteiger partial charge in [0.05, 0.1) is 0 Å². The third kappa shape index (κ3) is 1.92. The predicted molar refractivity (Wildman–Crippen MR) is 57.6 cm³/mol. The monoisotopic (exact) mass is 211 g/mol. The summed E-state index contributed by atoms with van der Waals surface area (Å²) >= 11 is 5.93. The first kappa shape index (κ1) is 9.97. The molecule has 0 spiro atoms. The maximum absolute atomic E-state index is 8.93. The minimum Gasteiger partial charge on any atom is -0.396 e. The van der Waals surface area contributed by atoms with Gasteiger partial charge in [0.25, 0.3) is 0 Å². The molecule has 3 heteroatoms. The molecule has 1 aromatic carbocycles. The molecule has 0 radical (unpaired) electrons. The van der Waals surface area contributed by atoms with Crippen LogP contribution in [0.3, 0.4) is 0 Å². The Hall–Kier alpha value is -0.570. The zero-order valence-electron chi connectivity index (χ0n) is 7.96. The Labute approximate surface area is 88.9 Å². The summed E-state index contributed by atoms with van der Waals surface area (Å²) in [6, 6.07) is 6.30. The van der Waals surface area contributed by atoms with Crippen molar-refractivity contribution in [1.82, 2.24) is 5.32 Å². The van der Waals surface area contributed by atoms with Gasteiger partial charge in [-0.05, 0) is 42.6 Å². The Kier molecular flexibility index (Phi) is 3.06. The predicted octanol–water partition coefficient (Wildman–Crippen LogP) is 1.91. The van der Waals surface area contributed by atoms with E-state index in [0.717, 1.165) is 24.4 Å². The number of hydrogen-bond acceptors (Lipinski definition) is 2. The second kappa shape index (κ2) is 4.30. The molecule has 1 heterocycles.